The van der Waals surface area contributed by atoms with Crippen molar-refractivity contribution in [2.45, 2.75) is 19.8 Å². The van der Waals surface area contributed by atoms with Crippen molar-refractivity contribution in [2.24, 2.45) is 0 Å². The third kappa shape index (κ3) is 2.42. The fourth-order valence-corrected chi connectivity index (χ4v) is 2.03. The van der Waals surface area contributed by atoms with Gasteiger partial charge >= 0.3 is 0 Å². The molecule has 2 nitrogen and oxygen atoms in total. The molecule has 0 amide bonds. The Morgan fingerprint density at radius 2 is 2.18 bits per heavy atom. The molecule has 88 valence electrons. The minimum Gasteiger partial charge on any atom is -0.248 e. The van der Waals surface area contributed by atoms with Crippen LogP contribution in [-0.4, -0.2) is 9.78 Å². The first-order valence-corrected chi connectivity index (χ1v) is 5.96. The molecule has 3 heteroatoms. The van der Waals surface area contributed by atoms with Crippen LogP contribution in [0.1, 0.15) is 25.3 Å². The van der Waals surface area contributed by atoms with Crippen LogP contribution in [0.4, 0.5) is 0 Å². The number of benzene rings is 1. The molecular formula is C14H15ClN2. The largest absolute Gasteiger partial charge is 0.248 e. The van der Waals surface area contributed by atoms with E-state index in [-0.39, 0.29) is 0 Å². The van der Waals surface area contributed by atoms with Gasteiger partial charge in [0.1, 0.15) is 0 Å². The summed E-state index contributed by atoms with van der Waals surface area (Å²) in [6.45, 7) is 8.01. The van der Waals surface area contributed by atoms with Gasteiger partial charge in [0.25, 0.3) is 0 Å². The van der Waals surface area contributed by atoms with E-state index in [1.54, 1.807) is 10.9 Å². The van der Waals surface area contributed by atoms with Crippen molar-refractivity contribution in [3.8, 4) is 11.1 Å². The van der Waals surface area contributed by atoms with E-state index in [0.29, 0.717) is 5.92 Å². The summed E-state index contributed by atoms with van der Waals surface area (Å²) in [5.41, 5.74) is 3.50. The zero-order valence-electron chi connectivity index (χ0n) is 10.0. The molecule has 1 aromatic carbocycles. The second kappa shape index (κ2) is 4.76. The van der Waals surface area contributed by atoms with Gasteiger partial charge in [-0.1, -0.05) is 38.1 Å². The molecular weight excluding hydrogens is 232 g/mol. The second-order valence-corrected chi connectivity index (χ2v) is 4.71. The van der Waals surface area contributed by atoms with E-state index in [9.17, 15) is 0 Å². The highest BCUT2D eigenvalue weighted by molar-refractivity contribution is 6.30. The third-order valence-corrected chi connectivity index (χ3v) is 2.97. The average molecular weight is 247 g/mol. The highest BCUT2D eigenvalue weighted by Crippen LogP contribution is 2.31. The Bertz CT molecular complexity index is 541. The molecule has 2 rings (SSSR count). The predicted molar refractivity (Wildman–Crippen MR) is 73.1 cm³/mol. The number of hydrogen-bond acceptors (Lipinski definition) is 1. The van der Waals surface area contributed by atoms with E-state index in [2.05, 4.69) is 25.5 Å². The van der Waals surface area contributed by atoms with Crippen LogP contribution in [0.15, 0.2) is 37.2 Å². The maximum Gasteiger partial charge on any atom is 0.0572 e. The molecule has 0 atom stereocenters. The molecule has 0 saturated carbocycles. The van der Waals surface area contributed by atoms with Gasteiger partial charge in [0.05, 0.1) is 6.20 Å². The minimum absolute atomic E-state index is 0.427. The maximum absolute atomic E-state index is 6.04. The van der Waals surface area contributed by atoms with Crippen molar-refractivity contribution in [1.82, 2.24) is 9.78 Å². The summed E-state index contributed by atoms with van der Waals surface area (Å²) in [6.07, 6.45) is 5.48. The Labute approximate surface area is 107 Å². The van der Waals surface area contributed by atoms with E-state index in [0.717, 1.165) is 10.6 Å². The van der Waals surface area contributed by atoms with Gasteiger partial charge in [-0.15, -0.1) is 0 Å². The number of nitrogens with zero attached hydrogens (tertiary/aromatic N) is 2. The van der Waals surface area contributed by atoms with Crippen LogP contribution in [0.5, 0.6) is 0 Å². The summed E-state index contributed by atoms with van der Waals surface area (Å²) >= 11 is 6.04. The lowest BCUT2D eigenvalue weighted by Gasteiger charge is -2.11. The zero-order valence-corrected chi connectivity index (χ0v) is 10.8. The number of aromatic nitrogens is 2. The Morgan fingerprint density at radius 3 is 2.76 bits per heavy atom. The van der Waals surface area contributed by atoms with Crippen molar-refractivity contribution in [3.63, 3.8) is 0 Å². The third-order valence-electron chi connectivity index (χ3n) is 2.74. The van der Waals surface area contributed by atoms with E-state index < -0.39 is 0 Å². The monoisotopic (exact) mass is 246 g/mol. The van der Waals surface area contributed by atoms with Crippen LogP contribution in [0.25, 0.3) is 17.3 Å². The standard InChI is InChI=1S/C14H15ClN2/c1-4-17-9-11(8-16-17)13-6-5-12(15)7-14(13)10(2)3/h4-10H,1H2,2-3H3. The zero-order chi connectivity index (χ0) is 12.4. The summed E-state index contributed by atoms with van der Waals surface area (Å²) in [5, 5.41) is 4.97. The molecule has 0 N–H and O–H groups in total. The summed E-state index contributed by atoms with van der Waals surface area (Å²) in [6, 6.07) is 5.98. The van der Waals surface area contributed by atoms with Crippen LogP contribution in [0.3, 0.4) is 0 Å². The normalized spacial score (nSPS) is 10.8. The van der Waals surface area contributed by atoms with E-state index in [1.165, 1.54) is 11.1 Å². The highest BCUT2D eigenvalue weighted by atomic mass is 35.5. The summed E-state index contributed by atoms with van der Waals surface area (Å²) in [4.78, 5) is 0. The lowest BCUT2D eigenvalue weighted by molar-refractivity contribution is 0.869. The van der Waals surface area contributed by atoms with Crippen LogP contribution >= 0.6 is 11.6 Å². The summed E-state index contributed by atoms with van der Waals surface area (Å²) < 4.78 is 1.70. The summed E-state index contributed by atoms with van der Waals surface area (Å²) in [7, 11) is 0. The van der Waals surface area contributed by atoms with E-state index in [1.807, 2.05) is 30.6 Å². The maximum atomic E-state index is 6.04. The molecule has 1 aromatic heterocycles. The van der Waals surface area contributed by atoms with Crippen molar-refractivity contribution in [1.29, 1.82) is 0 Å². The topological polar surface area (TPSA) is 17.8 Å². The first kappa shape index (κ1) is 11.9. The smallest absolute Gasteiger partial charge is 0.0572 e. The highest BCUT2D eigenvalue weighted by Gasteiger charge is 2.10. The van der Waals surface area contributed by atoms with Crippen LogP contribution < -0.4 is 0 Å². The Balaban J connectivity index is 2.54. The molecule has 0 bridgehead atoms. The van der Waals surface area contributed by atoms with Crippen LogP contribution in [0.2, 0.25) is 5.02 Å². The van der Waals surface area contributed by atoms with E-state index in [4.69, 9.17) is 11.6 Å². The van der Waals surface area contributed by atoms with Crippen molar-refractivity contribution >= 4 is 17.8 Å². The van der Waals surface area contributed by atoms with Gasteiger partial charge in [-0.05, 0) is 29.2 Å². The molecule has 0 aliphatic carbocycles. The van der Waals surface area contributed by atoms with Gasteiger partial charge in [-0.25, -0.2) is 4.68 Å². The summed E-state index contributed by atoms with van der Waals surface area (Å²) in [5.74, 6) is 0.427. The molecule has 0 aliphatic rings. The molecule has 0 spiro atoms. The SMILES string of the molecule is C=Cn1cc(-c2ccc(Cl)cc2C(C)C)cn1. The Morgan fingerprint density at radius 1 is 1.41 bits per heavy atom. The van der Waals surface area contributed by atoms with Gasteiger partial charge in [-0.2, -0.15) is 5.10 Å². The van der Waals surface area contributed by atoms with Gasteiger partial charge in [0, 0.05) is 23.0 Å². The number of hydrogen-bond donors (Lipinski definition) is 0. The van der Waals surface area contributed by atoms with Gasteiger partial charge in [-0.3, -0.25) is 0 Å². The van der Waals surface area contributed by atoms with Gasteiger partial charge in [0.15, 0.2) is 0 Å². The first-order valence-electron chi connectivity index (χ1n) is 5.58. The fourth-order valence-electron chi connectivity index (χ4n) is 1.85. The van der Waals surface area contributed by atoms with Gasteiger partial charge < -0.3 is 0 Å². The fraction of sp³-hybridized carbons (Fsp3) is 0.214. The second-order valence-electron chi connectivity index (χ2n) is 4.28. The lowest BCUT2D eigenvalue weighted by Crippen LogP contribution is -1.91. The Kier molecular flexibility index (Phi) is 3.34. The minimum atomic E-state index is 0.427. The molecule has 17 heavy (non-hydrogen) atoms. The van der Waals surface area contributed by atoms with Gasteiger partial charge in [0.2, 0.25) is 0 Å². The molecule has 1 heterocycles. The molecule has 0 radical (unpaired) electrons. The average Bonchev–Trinajstić information content (AvgIpc) is 2.77. The van der Waals surface area contributed by atoms with Crippen LogP contribution in [0, 0.1) is 0 Å². The van der Waals surface area contributed by atoms with Crippen LogP contribution in [-0.2, 0) is 0 Å². The van der Waals surface area contributed by atoms with Crippen molar-refractivity contribution in [2.75, 3.05) is 0 Å². The molecule has 0 fully saturated rings. The predicted octanol–water partition coefficient (Wildman–Crippen LogP) is 4.43. The molecule has 0 unspecified atom stereocenters. The quantitative estimate of drug-likeness (QED) is 0.784. The Hall–Kier alpha value is -1.54. The molecule has 2 aromatic rings. The molecule has 0 aliphatic heterocycles. The van der Waals surface area contributed by atoms with Crippen molar-refractivity contribution in [3.05, 3.63) is 47.8 Å². The van der Waals surface area contributed by atoms with E-state index >= 15 is 0 Å². The number of halogens is 1. The lowest BCUT2D eigenvalue weighted by atomic mass is 9.94. The number of rotatable bonds is 3. The van der Waals surface area contributed by atoms with Crippen molar-refractivity contribution < 1.29 is 0 Å². The molecule has 0 saturated heterocycles. The first-order chi connectivity index (χ1) is 8.11.